The van der Waals surface area contributed by atoms with Crippen LogP contribution in [-0.4, -0.2) is 46.5 Å². The highest BCUT2D eigenvalue weighted by atomic mass is 16.5. The van der Waals surface area contributed by atoms with Crippen LogP contribution in [0.15, 0.2) is 23.3 Å². The van der Waals surface area contributed by atoms with Crippen LogP contribution in [0.25, 0.3) is 0 Å². The van der Waals surface area contributed by atoms with E-state index in [2.05, 4.69) is 26.1 Å². The van der Waals surface area contributed by atoms with Crippen LogP contribution in [0.4, 0.5) is 5.95 Å². The summed E-state index contributed by atoms with van der Waals surface area (Å²) >= 11 is 0. The van der Waals surface area contributed by atoms with Gasteiger partial charge in [-0.05, 0) is 22.6 Å². The Labute approximate surface area is 125 Å². The van der Waals surface area contributed by atoms with E-state index in [-0.39, 0.29) is 12.5 Å². The van der Waals surface area contributed by atoms with Crippen molar-refractivity contribution in [1.29, 1.82) is 0 Å². The van der Waals surface area contributed by atoms with Crippen molar-refractivity contribution >= 4 is 18.1 Å². The second-order valence-electron chi connectivity index (χ2n) is 4.10. The van der Waals surface area contributed by atoms with Gasteiger partial charge in [0.15, 0.2) is 0 Å². The van der Waals surface area contributed by atoms with Crippen LogP contribution in [0.1, 0.15) is 5.56 Å². The molecule has 0 aliphatic rings. The van der Waals surface area contributed by atoms with Gasteiger partial charge in [-0.15, -0.1) is 0 Å². The number of hydrogen-bond acceptors (Lipinski definition) is 8. The highest BCUT2D eigenvalue weighted by Gasteiger charge is 2.07. The van der Waals surface area contributed by atoms with Gasteiger partial charge in [0.25, 0.3) is 5.91 Å². The van der Waals surface area contributed by atoms with E-state index in [9.17, 15) is 4.79 Å². The van der Waals surface area contributed by atoms with Crippen molar-refractivity contribution in [2.45, 2.75) is 6.54 Å². The van der Waals surface area contributed by atoms with E-state index >= 15 is 0 Å². The zero-order chi connectivity index (χ0) is 15.9. The molecule has 0 unspecified atom stereocenters. The first-order valence-electron chi connectivity index (χ1n) is 6.19. The third-order valence-corrected chi connectivity index (χ3v) is 2.69. The van der Waals surface area contributed by atoms with Crippen molar-refractivity contribution < 1.29 is 14.3 Å². The highest BCUT2D eigenvalue weighted by molar-refractivity contribution is 5.85. The monoisotopic (exact) mass is 305 g/mol. The fourth-order valence-corrected chi connectivity index (χ4v) is 1.59. The number of anilines is 1. The maximum atomic E-state index is 11.7. The van der Waals surface area contributed by atoms with E-state index in [0.29, 0.717) is 17.1 Å². The second-order valence-corrected chi connectivity index (χ2v) is 4.10. The normalized spacial score (nSPS) is 10.6. The number of hydrogen-bond donors (Lipinski definition) is 2. The van der Waals surface area contributed by atoms with Crippen LogP contribution in [0.3, 0.4) is 0 Å². The Bertz CT molecular complexity index is 683. The summed E-state index contributed by atoms with van der Waals surface area (Å²) in [5.41, 5.74) is 8.49. The Kier molecular flexibility index (Phi) is 4.85. The molecule has 0 radical (unpaired) electrons. The smallest absolute Gasteiger partial charge is 0.261 e. The summed E-state index contributed by atoms with van der Waals surface area (Å²) in [5.74, 6) is 0.868. The fraction of sp³-hybridized carbons (Fsp3) is 0.250. The van der Waals surface area contributed by atoms with Crippen molar-refractivity contribution in [2.24, 2.45) is 5.10 Å². The SMILES string of the molecule is COc1ccc(/C=N/NC(=O)Cn2nnnc2N)c(OC)c1. The molecule has 0 bridgehead atoms. The minimum absolute atomic E-state index is 0.0518. The van der Waals surface area contributed by atoms with Crippen LogP contribution in [-0.2, 0) is 11.3 Å². The van der Waals surface area contributed by atoms with E-state index in [1.54, 1.807) is 25.3 Å². The predicted molar refractivity (Wildman–Crippen MR) is 77.5 cm³/mol. The molecule has 0 spiro atoms. The van der Waals surface area contributed by atoms with Gasteiger partial charge in [-0.25, -0.2) is 10.1 Å². The number of benzene rings is 1. The van der Waals surface area contributed by atoms with E-state index in [1.807, 2.05) is 0 Å². The average molecular weight is 305 g/mol. The molecule has 3 N–H and O–H groups in total. The van der Waals surface area contributed by atoms with Crippen LogP contribution < -0.4 is 20.6 Å². The molecule has 1 amide bonds. The first-order chi connectivity index (χ1) is 10.6. The number of tetrazole rings is 1. The quantitative estimate of drug-likeness (QED) is 0.539. The van der Waals surface area contributed by atoms with E-state index in [4.69, 9.17) is 15.2 Å². The Morgan fingerprint density at radius 2 is 2.27 bits per heavy atom. The van der Waals surface area contributed by atoms with Crippen molar-refractivity contribution in [3.8, 4) is 11.5 Å². The summed E-state index contributed by atoms with van der Waals surface area (Å²) in [5, 5.41) is 14.2. The number of carbonyl (C=O) groups excluding carboxylic acids is 1. The lowest BCUT2D eigenvalue weighted by Gasteiger charge is -2.06. The summed E-state index contributed by atoms with van der Waals surface area (Å²) in [4.78, 5) is 11.7. The Morgan fingerprint density at radius 1 is 1.45 bits per heavy atom. The number of ether oxygens (including phenoxy) is 2. The van der Waals surface area contributed by atoms with Crippen molar-refractivity contribution in [3.63, 3.8) is 0 Å². The minimum Gasteiger partial charge on any atom is -0.497 e. The number of nitrogens with zero attached hydrogens (tertiary/aromatic N) is 5. The minimum atomic E-state index is -0.414. The van der Waals surface area contributed by atoms with Gasteiger partial charge in [0, 0.05) is 11.6 Å². The molecule has 0 aliphatic heterocycles. The van der Waals surface area contributed by atoms with Gasteiger partial charge in [0.2, 0.25) is 5.95 Å². The summed E-state index contributed by atoms with van der Waals surface area (Å²) < 4.78 is 11.5. The predicted octanol–water partition coefficient (Wildman–Crippen LogP) is -0.577. The van der Waals surface area contributed by atoms with Crippen molar-refractivity contribution in [3.05, 3.63) is 23.8 Å². The van der Waals surface area contributed by atoms with Crippen LogP contribution in [0.5, 0.6) is 11.5 Å². The molecule has 1 aromatic carbocycles. The summed E-state index contributed by atoms with van der Waals surface area (Å²) in [6.45, 7) is -0.129. The van der Waals surface area contributed by atoms with E-state index in [0.717, 1.165) is 4.68 Å². The molecule has 10 nitrogen and oxygen atoms in total. The first kappa shape index (κ1) is 15.2. The zero-order valence-electron chi connectivity index (χ0n) is 12.1. The lowest BCUT2D eigenvalue weighted by Crippen LogP contribution is -2.24. The molecule has 10 heteroatoms. The topological polar surface area (TPSA) is 130 Å². The molecule has 116 valence electrons. The number of aromatic nitrogens is 4. The maximum Gasteiger partial charge on any atom is 0.261 e. The van der Waals surface area contributed by atoms with Gasteiger partial charge in [0.05, 0.1) is 20.4 Å². The molecule has 1 heterocycles. The molecular formula is C12H15N7O3. The molecule has 0 aliphatic carbocycles. The lowest BCUT2D eigenvalue weighted by atomic mass is 10.2. The summed E-state index contributed by atoms with van der Waals surface area (Å²) in [7, 11) is 3.10. The standard InChI is InChI=1S/C12H15N7O3/c1-21-9-4-3-8(10(5-9)22-2)6-14-15-11(20)7-19-12(13)16-17-18-19/h3-6H,7H2,1-2H3,(H,15,20)(H2,13,16,18)/b14-6+. The number of rotatable bonds is 6. The van der Waals surface area contributed by atoms with Crippen molar-refractivity contribution in [2.75, 3.05) is 20.0 Å². The number of amides is 1. The van der Waals surface area contributed by atoms with Crippen LogP contribution in [0.2, 0.25) is 0 Å². The van der Waals surface area contributed by atoms with Crippen LogP contribution in [0, 0.1) is 0 Å². The third-order valence-electron chi connectivity index (χ3n) is 2.69. The molecule has 0 fully saturated rings. The number of carbonyl (C=O) groups is 1. The third kappa shape index (κ3) is 3.69. The van der Waals surface area contributed by atoms with Crippen molar-refractivity contribution in [1.82, 2.24) is 25.6 Å². The molecule has 0 saturated heterocycles. The molecule has 0 saturated carbocycles. The average Bonchev–Trinajstić information content (AvgIpc) is 2.92. The Balaban J connectivity index is 1.97. The number of nitrogens with two attached hydrogens (primary N) is 1. The first-order valence-corrected chi connectivity index (χ1v) is 6.19. The molecular weight excluding hydrogens is 290 g/mol. The molecule has 2 aromatic rings. The number of nitrogen functional groups attached to an aromatic ring is 1. The number of nitrogens with one attached hydrogen (secondary N) is 1. The lowest BCUT2D eigenvalue weighted by molar-refractivity contribution is -0.121. The van der Waals surface area contributed by atoms with Gasteiger partial charge < -0.3 is 15.2 Å². The van der Waals surface area contributed by atoms with Crippen LogP contribution >= 0.6 is 0 Å². The van der Waals surface area contributed by atoms with Gasteiger partial charge in [-0.1, -0.05) is 5.10 Å². The highest BCUT2D eigenvalue weighted by Crippen LogP contribution is 2.22. The number of methoxy groups -OCH3 is 2. The molecule has 1 aromatic heterocycles. The number of hydrazone groups is 1. The van der Waals surface area contributed by atoms with Gasteiger partial charge >= 0.3 is 0 Å². The zero-order valence-corrected chi connectivity index (χ0v) is 12.1. The summed E-state index contributed by atoms with van der Waals surface area (Å²) in [6, 6.07) is 5.23. The second kappa shape index (κ2) is 7.02. The fourth-order valence-electron chi connectivity index (χ4n) is 1.59. The van der Waals surface area contributed by atoms with Gasteiger partial charge in [-0.3, -0.25) is 4.79 Å². The Hall–Kier alpha value is -3.17. The Morgan fingerprint density at radius 3 is 2.91 bits per heavy atom. The van der Waals surface area contributed by atoms with E-state index in [1.165, 1.54) is 13.3 Å². The van der Waals surface area contributed by atoms with Gasteiger partial charge in [-0.2, -0.15) is 5.10 Å². The largest absolute Gasteiger partial charge is 0.497 e. The van der Waals surface area contributed by atoms with E-state index < -0.39 is 5.91 Å². The molecule has 0 atom stereocenters. The maximum absolute atomic E-state index is 11.7. The molecule has 2 rings (SSSR count). The van der Waals surface area contributed by atoms with Gasteiger partial charge in [0.1, 0.15) is 18.0 Å². The molecule has 22 heavy (non-hydrogen) atoms. The summed E-state index contributed by atoms with van der Waals surface area (Å²) in [6.07, 6.45) is 1.46.